The number of rotatable bonds is 9. The first-order valence-electron chi connectivity index (χ1n) is 20.4. The maximum atomic E-state index is 10.6. The molecule has 0 bridgehead atoms. The molecule has 354 valence electrons. The Kier molecular flexibility index (Phi) is 19.1. The fourth-order valence-electron chi connectivity index (χ4n) is 5.88. The number of ether oxygens (including phenoxy) is 1. The van der Waals surface area contributed by atoms with Gasteiger partial charge < -0.3 is 37.5 Å². The number of carboxylic acids is 1. The first kappa shape index (κ1) is 53.4. The van der Waals surface area contributed by atoms with E-state index in [0.29, 0.717) is 51.7 Å². The Morgan fingerprint density at radius 2 is 1.19 bits per heavy atom. The van der Waals surface area contributed by atoms with E-state index in [0.717, 1.165) is 16.0 Å². The third-order valence-corrected chi connectivity index (χ3v) is 9.93. The molecule has 70 heavy (non-hydrogen) atoms. The van der Waals surface area contributed by atoms with Gasteiger partial charge in [0.1, 0.15) is 80.5 Å². The smallest absolute Gasteiger partial charge is 0.490 e. The molecule has 20 heteroatoms. The van der Waals surface area contributed by atoms with E-state index in [-0.39, 0.29) is 45.5 Å². The highest BCUT2D eigenvalue weighted by Crippen LogP contribution is 2.39. The largest absolute Gasteiger partial charge is 0.508 e. The number of aromatic hydroxyl groups is 1. The predicted octanol–water partition coefficient (Wildman–Crippen LogP) is 9.36. The van der Waals surface area contributed by atoms with Crippen molar-refractivity contribution in [2.24, 2.45) is 5.73 Å². The Morgan fingerprint density at radius 1 is 0.700 bits per heavy atom. The second-order valence-electron chi connectivity index (χ2n) is 15.1. The average molecular weight is 965 g/mol. The van der Waals surface area contributed by atoms with E-state index in [1.54, 1.807) is 36.9 Å². The van der Waals surface area contributed by atoms with Crippen LogP contribution in [0.5, 0.6) is 11.5 Å². The molecule has 7 rings (SSSR count). The summed E-state index contributed by atoms with van der Waals surface area (Å²) in [5, 5.41) is 58.9. The van der Waals surface area contributed by atoms with Gasteiger partial charge in [-0.05, 0) is 91.6 Å². The zero-order valence-corrected chi connectivity index (χ0v) is 38.4. The number of anilines is 3. The van der Waals surface area contributed by atoms with Crippen LogP contribution in [-0.2, 0) is 17.9 Å². The Bertz CT molecular complexity index is 3040. The minimum Gasteiger partial charge on any atom is -0.508 e. The Morgan fingerprint density at radius 3 is 1.63 bits per heavy atom. The molecule has 0 atom stereocenters. The van der Waals surface area contributed by atoms with Crippen molar-refractivity contribution in [2.45, 2.75) is 55.6 Å². The van der Waals surface area contributed by atoms with E-state index in [1.165, 1.54) is 23.9 Å². The van der Waals surface area contributed by atoms with Gasteiger partial charge >= 0.3 is 12.1 Å². The lowest BCUT2D eigenvalue weighted by Crippen LogP contribution is -2.22. The molecule has 0 fully saturated rings. The predicted molar refractivity (Wildman–Crippen MR) is 257 cm³/mol. The third kappa shape index (κ3) is 15.4. The fourth-order valence-corrected chi connectivity index (χ4v) is 6.79. The summed E-state index contributed by atoms with van der Waals surface area (Å²) in [6.07, 6.45) is 1.79. The topological polar surface area (TPSA) is 304 Å². The normalized spacial score (nSPS) is 10.3. The maximum Gasteiger partial charge on any atom is 0.490 e. The summed E-state index contributed by atoms with van der Waals surface area (Å²) in [5.41, 5.74) is 22.0. The highest BCUT2D eigenvalue weighted by Gasteiger charge is 2.38. The number of carboxylic acid groups (broad SMARTS) is 1. The van der Waals surface area contributed by atoms with Crippen molar-refractivity contribution >= 4 is 35.2 Å². The monoisotopic (exact) mass is 964 g/mol. The second kappa shape index (κ2) is 25.1. The molecule has 0 radical (unpaired) electrons. The molecule has 16 nitrogen and oxygen atoms in total. The molecular formula is C50H43F3N12O4S. The Balaban J connectivity index is 0.000000236. The van der Waals surface area contributed by atoms with Crippen LogP contribution in [0, 0.1) is 45.3 Å². The van der Waals surface area contributed by atoms with E-state index in [1.807, 2.05) is 106 Å². The molecule has 0 aliphatic heterocycles. The van der Waals surface area contributed by atoms with Crippen molar-refractivity contribution in [3.63, 3.8) is 0 Å². The Hall–Kier alpha value is -9.21. The van der Waals surface area contributed by atoms with Gasteiger partial charge in [-0.3, -0.25) is 9.97 Å². The van der Waals surface area contributed by atoms with E-state index >= 15 is 0 Å². The molecule has 4 heterocycles. The quantitative estimate of drug-likeness (QED) is 0.0784. The Labute approximate surface area is 405 Å². The summed E-state index contributed by atoms with van der Waals surface area (Å²) in [5.74, 6) is -1.54. The van der Waals surface area contributed by atoms with Crippen molar-refractivity contribution in [3.05, 3.63) is 161 Å². The minimum absolute atomic E-state index is 0.0308. The minimum atomic E-state index is -5.08. The lowest BCUT2D eigenvalue weighted by Gasteiger charge is -2.21. The summed E-state index contributed by atoms with van der Waals surface area (Å²) < 4.78 is 37.6. The number of nitrogens with one attached hydrogen (secondary N) is 1. The average Bonchev–Trinajstić information content (AvgIpc) is 3.34. The zero-order chi connectivity index (χ0) is 51.4. The lowest BCUT2D eigenvalue weighted by atomic mass is 9.96. The highest BCUT2D eigenvalue weighted by molar-refractivity contribution is 7.99. The number of aromatic nitrogens is 4. The number of nitrogens with zero attached hydrogens (tertiary/aromatic N) is 8. The summed E-state index contributed by atoms with van der Waals surface area (Å²) in [7, 11) is 0. The molecular weight excluding hydrogens is 922 g/mol. The number of hydrogen-bond donors (Lipinski definition) is 6. The number of hydrogen-bond acceptors (Lipinski definition) is 16. The molecule has 7 aromatic rings. The van der Waals surface area contributed by atoms with E-state index in [2.05, 4.69) is 43.5 Å². The SMILES string of the molecule is CC(C)(C)Oc1ccc(-c2c(C#N)c(N)nc(Sc3ccccc3)c2C#N)cc1.N#Cc1c(N)nc(NCc2cccnc2)c(C#N)c1-c1ccc(O)cc1.NCc1cccnc1.O=C(O)C(F)(F)F. The van der Waals surface area contributed by atoms with Gasteiger partial charge in [0.25, 0.3) is 0 Å². The number of phenols is 1. The van der Waals surface area contributed by atoms with Gasteiger partial charge in [0.05, 0.1) is 5.56 Å². The molecule has 0 spiro atoms. The van der Waals surface area contributed by atoms with Gasteiger partial charge in [0, 0.05) is 53.9 Å². The van der Waals surface area contributed by atoms with Gasteiger partial charge in [-0.2, -0.15) is 34.2 Å². The van der Waals surface area contributed by atoms with Crippen LogP contribution in [0.4, 0.5) is 30.6 Å². The van der Waals surface area contributed by atoms with Crippen molar-refractivity contribution < 1.29 is 32.9 Å². The van der Waals surface area contributed by atoms with Crippen LogP contribution in [0.3, 0.4) is 0 Å². The molecule has 0 amide bonds. The van der Waals surface area contributed by atoms with Gasteiger partial charge in [0.2, 0.25) is 0 Å². The van der Waals surface area contributed by atoms with Gasteiger partial charge in [0.15, 0.2) is 0 Å². The summed E-state index contributed by atoms with van der Waals surface area (Å²) in [4.78, 5) is 26.3. The number of nitriles is 4. The van der Waals surface area contributed by atoms with Gasteiger partial charge in [-0.1, -0.05) is 66.4 Å². The third-order valence-electron chi connectivity index (χ3n) is 8.93. The van der Waals surface area contributed by atoms with Crippen molar-refractivity contribution in [1.29, 1.82) is 21.0 Å². The van der Waals surface area contributed by atoms with E-state index in [9.17, 15) is 39.3 Å². The summed E-state index contributed by atoms with van der Waals surface area (Å²) in [6.45, 7) is 6.89. The first-order chi connectivity index (χ1) is 33.3. The van der Waals surface area contributed by atoms with Crippen molar-refractivity contribution in [3.8, 4) is 58.0 Å². The van der Waals surface area contributed by atoms with Crippen LogP contribution in [0.25, 0.3) is 22.3 Å². The van der Waals surface area contributed by atoms with Crippen LogP contribution in [0.2, 0.25) is 0 Å². The zero-order valence-electron chi connectivity index (χ0n) is 37.6. The van der Waals surface area contributed by atoms with E-state index < -0.39 is 12.1 Å². The van der Waals surface area contributed by atoms with Crippen LogP contribution in [0.1, 0.15) is 54.2 Å². The number of phenolic OH excluding ortho intramolecular Hbond substituents is 1. The summed E-state index contributed by atoms with van der Waals surface area (Å²) >= 11 is 1.34. The summed E-state index contributed by atoms with van der Waals surface area (Å²) in [6, 6.07) is 39.1. The number of carbonyl (C=O) groups is 1. The van der Waals surface area contributed by atoms with Gasteiger partial charge in [-0.15, -0.1) is 0 Å². The number of alkyl halides is 3. The fraction of sp³-hybridized carbons (Fsp3) is 0.140. The molecule has 0 saturated heterocycles. The molecule has 4 aromatic heterocycles. The number of pyridine rings is 4. The molecule has 0 unspecified atom stereocenters. The highest BCUT2D eigenvalue weighted by atomic mass is 32.2. The van der Waals surface area contributed by atoms with Crippen molar-refractivity contribution in [1.82, 2.24) is 19.9 Å². The second-order valence-corrected chi connectivity index (χ2v) is 16.2. The van der Waals surface area contributed by atoms with Crippen LogP contribution in [0.15, 0.2) is 138 Å². The molecule has 9 N–H and O–H groups in total. The van der Waals surface area contributed by atoms with Crippen LogP contribution >= 0.6 is 11.8 Å². The molecule has 3 aromatic carbocycles. The first-order valence-corrected chi connectivity index (χ1v) is 21.3. The van der Waals surface area contributed by atoms with Gasteiger partial charge in [-0.25, -0.2) is 14.8 Å². The van der Waals surface area contributed by atoms with Crippen LogP contribution in [-0.4, -0.2) is 47.9 Å². The number of halogens is 3. The lowest BCUT2D eigenvalue weighted by molar-refractivity contribution is -0.192. The van der Waals surface area contributed by atoms with Crippen molar-refractivity contribution in [2.75, 3.05) is 16.8 Å². The molecule has 0 aliphatic carbocycles. The standard InChI is InChI=1S/C23H20N4OS.C19H14N6O.C6H8N2.C2HF3O2/c1-23(2,3)28-16-11-9-15(10-12-16)20-18(13-24)21(26)27-22(19(20)14-25)29-17-7-5-4-6-8-17;20-8-15-17(13-3-5-14(26)6-4-13)16(9-21)19(25-18(15)22)24-11-12-2-1-7-23-10-12;7-4-6-2-1-3-8-5-6;3-2(4,5)1(6)7/h4-12H,1-3H3,(H2,26,27);1-7,10,26H,11H2,(H3,22,24,25);1-3,5H,4,7H2;(H,6,7). The number of nitrogen functional groups attached to an aromatic ring is 2. The molecule has 0 saturated carbocycles. The van der Waals surface area contributed by atoms with Crippen LogP contribution < -0.4 is 27.3 Å². The number of nitrogens with two attached hydrogens (primary N) is 3. The number of benzene rings is 3. The number of aliphatic carboxylic acids is 1. The maximum absolute atomic E-state index is 10.6. The van der Waals surface area contributed by atoms with E-state index in [4.69, 9.17) is 31.8 Å². The molecule has 0 aliphatic rings.